The van der Waals surface area contributed by atoms with Crippen LogP contribution in [0.2, 0.25) is 0 Å². The van der Waals surface area contributed by atoms with Crippen molar-refractivity contribution < 1.29 is 8.42 Å². The zero-order chi connectivity index (χ0) is 13.3. The van der Waals surface area contributed by atoms with Gasteiger partial charge in [-0.15, -0.1) is 0 Å². The molecule has 2 saturated heterocycles. The highest BCUT2D eigenvalue weighted by atomic mass is 32.2. The molecule has 18 heavy (non-hydrogen) atoms. The molecule has 0 radical (unpaired) electrons. The Hall–Kier alpha value is -0.130. The van der Waals surface area contributed by atoms with E-state index in [1.807, 2.05) is 0 Å². The van der Waals surface area contributed by atoms with Crippen LogP contribution in [0.25, 0.3) is 0 Å². The van der Waals surface area contributed by atoms with Crippen molar-refractivity contribution in [2.24, 2.45) is 5.92 Å². The Morgan fingerprint density at radius 3 is 2.56 bits per heavy atom. The highest BCUT2D eigenvalue weighted by Gasteiger charge is 2.39. The summed E-state index contributed by atoms with van der Waals surface area (Å²) in [6.07, 6.45) is 1.96. The topological polar surface area (TPSA) is 49.4 Å². The van der Waals surface area contributed by atoms with E-state index < -0.39 is 9.84 Å². The lowest BCUT2D eigenvalue weighted by Gasteiger charge is -2.45. The van der Waals surface area contributed by atoms with Crippen LogP contribution in [0.5, 0.6) is 0 Å². The summed E-state index contributed by atoms with van der Waals surface area (Å²) >= 11 is 0. The summed E-state index contributed by atoms with van der Waals surface area (Å²) in [4.78, 5) is 2.43. The van der Waals surface area contributed by atoms with Gasteiger partial charge in [0.25, 0.3) is 0 Å². The second kappa shape index (κ2) is 5.47. The average Bonchev–Trinajstić information content (AvgIpc) is 2.66. The van der Waals surface area contributed by atoms with E-state index in [0.717, 1.165) is 25.9 Å². The minimum Gasteiger partial charge on any atom is -0.314 e. The zero-order valence-electron chi connectivity index (χ0n) is 11.7. The predicted octanol–water partition coefficient (Wildman–Crippen LogP) is 0.882. The number of hydrogen-bond acceptors (Lipinski definition) is 4. The van der Waals surface area contributed by atoms with Crippen molar-refractivity contribution in [1.82, 2.24) is 10.2 Å². The molecule has 1 N–H and O–H groups in total. The highest BCUT2D eigenvalue weighted by molar-refractivity contribution is 7.91. The third-order valence-electron chi connectivity index (χ3n) is 4.76. The first-order valence-electron chi connectivity index (χ1n) is 7.14. The number of nitrogens with one attached hydrogen (secondary N) is 1. The normalized spacial score (nSPS) is 41.1. The van der Waals surface area contributed by atoms with Gasteiger partial charge >= 0.3 is 0 Å². The van der Waals surface area contributed by atoms with E-state index >= 15 is 0 Å². The van der Waals surface area contributed by atoms with Gasteiger partial charge < -0.3 is 5.32 Å². The minimum atomic E-state index is -2.77. The molecule has 0 aromatic rings. The van der Waals surface area contributed by atoms with Crippen molar-refractivity contribution in [3.8, 4) is 0 Å². The summed E-state index contributed by atoms with van der Waals surface area (Å²) < 4.78 is 23.2. The molecule has 2 heterocycles. The minimum absolute atomic E-state index is 0.259. The van der Waals surface area contributed by atoms with E-state index in [4.69, 9.17) is 0 Å². The van der Waals surface area contributed by atoms with Crippen molar-refractivity contribution in [1.29, 1.82) is 0 Å². The number of nitrogens with zero attached hydrogens (tertiary/aromatic N) is 1. The second-order valence-corrected chi connectivity index (χ2v) is 8.08. The van der Waals surface area contributed by atoms with E-state index in [2.05, 4.69) is 31.0 Å². The first kappa shape index (κ1) is 14.3. The molecular formula is C13H26N2O2S. The standard InChI is InChI=1S/C13H26N2O2S/c1-4-14-13-5-7-15(11(3)10(13)2)12-6-8-18(16,17)9-12/h10-14H,4-9H2,1-3H3. The molecule has 0 aromatic heterocycles. The Labute approximate surface area is 111 Å². The highest BCUT2D eigenvalue weighted by Crippen LogP contribution is 2.29. The van der Waals surface area contributed by atoms with E-state index in [-0.39, 0.29) is 6.04 Å². The molecule has 0 spiro atoms. The predicted molar refractivity (Wildman–Crippen MR) is 74.5 cm³/mol. The van der Waals surface area contributed by atoms with Crippen LogP contribution >= 0.6 is 0 Å². The van der Waals surface area contributed by atoms with Crippen molar-refractivity contribution in [3.05, 3.63) is 0 Å². The lowest BCUT2D eigenvalue weighted by atomic mass is 9.86. The molecule has 106 valence electrons. The molecule has 0 saturated carbocycles. The molecule has 0 aliphatic carbocycles. The molecule has 4 nitrogen and oxygen atoms in total. The molecular weight excluding hydrogens is 248 g/mol. The van der Waals surface area contributed by atoms with Crippen LogP contribution in [0.4, 0.5) is 0 Å². The molecule has 4 atom stereocenters. The number of piperidine rings is 1. The van der Waals surface area contributed by atoms with Gasteiger partial charge in [-0.25, -0.2) is 8.42 Å². The Bertz CT molecular complexity index is 382. The molecule has 0 aromatic carbocycles. The van der Waals surface area contributed by atoms with E-state index in [9.17, 15) is 8.42 Å². The second-order valence-electron chi connectivity index (χ2n) is 5.85. The monoisotopic (exact) mass is 274 g/mol. The molecule has 5 heteroatoms. The summed E-state index contributed by atoms with van der Waals surface area (Å²) in [5.74, 6) is 1.34. The van der Waals surface area contributed by atoms with Crippen LogP contribution < -0.4 is 5.32 Å². The van der Waals surface area contributed by atoms with E-state index in [1.54, 1.807) is 0 Å². The van der Waals surface area contributed by atoms with Gasteiger partial charge in [-0.3, -0.25) is 4.90 Å². The summed E-state index contributed by atoms with van der Waals surface area (Å²) in [7, 11) is -2.77. The van der Waals surface area contributed by atoms with Crippen molar-refractivity contribution >= 4 is 9.84 Å². The molecule has 2 aliphatic heterocycles. The summed E-state index contributed by atoms with van der Waals surface area (Å²) in [6, 6.07) is 1.32. The van der Waals surface area contributed by atoms with Gasteiger partial charge in [-0.1, -0.05) is 13.8 Å². The first-order valence-corrected chi connectivity index (χ1v) is 8.96. The van der Waals surface area contributed by atoms with Crippen LogP contribution in [0, 0.1) is 5.92 Å². The fourth-order valence-corrected chi connectivity index (χ4v) is 5.24. The van der Waals surface area contributed by atoms with Gasteiger partial charge in [-0.2, -0.15) is 0 Å². The average molecular weight is 274 g/mol. The van der Waals surface area contributed by atoms with Gasteiger partial charge in [0.2, 0.25) is 0 Å². The van der Waals surface area contributed by atoms with Crippen molar-refractivity contribution in [2.45, 2.75) is 51.7 Å². The van der Waals surface area contributed by atoms with Gasteiger partial charge in [-0.05, 0) is 32.2 Å². The van der Waals surface area contributed by atoms with Crippen LogP contribution in [-0.2, 0) is 9.84 Å². The molecule has 2 fully saturated rings. The quantitative estimate of drug-likeness (QED) is 0.830. The Kier molecular flexibility index (Phi) is 4.34. The molecule has 4 unspecified atom stereocenters. The van der Waals surface area contributed by atoms with E-state index in [1.165, 1.54) is 0 Å². The summed E-state index contributed by atoms with van der Waals surface area (Å²) in [5.41, 5.74) is 0. The van der Waals surface area contributed by atoms with Crippen LogP contribution in [0.1, 0.15) is 33.6 Å². The molecule has 2 rings (SSSR count). The van der Waals surface area contributed by atoms with Gasteiger partial charge in [0.1, 0.15) is 0 Å². The fourth-order valence-electron chi connectivity index (χ4n) is 3.50. The lowest BCUT2D eigenvalue weighted by Crippen LogP contribution is -2.56. The maximum atomic E-state index is 11.6. The van der Waals surface area contributed by atoms with E-state index in [0.29, 0.717) is 29.5 Å². The van der Waals surface area contributed by atoms with Gasteiger partial charge in [0.15, 0.2) is 9.84 Å². The maximum absolute atomic E-state index is 11.6. The van der Waals surface area contributed by atoms with Crippen LogP contribution in [-0.4, -0.2) is 56.0 Å². The third kappa shape index (κ3) is 2.89. The molecule has 2 aliphatic rings. The van der Waals surface area contributed by atoms with Gasteiger partial charge in [0.05, 0.1) is 11.5 Å². The largest absolute Gasteiger partial charge is 0.314 e. The Morgan fingerprint density at radius 2 is 2.00 bits per heavy atom. The van der Waals surface area contributed by atoms with Crippen molar-refractivity contribution in [2.75, 3.05) is 24.6 Å². The van der Waals surface area contributed by atoms with Crippen LogP contribution in [0.15, 0.2) is 0 Å². The molecule has 0 bridgehead atoms. The smallest absolute Gasteiger partial charge is 0.151 e. The number of sulfone groups is 1. The zero-order valence-corrected chi connectivity index (χ0v) is 12.5. The fraction of sp³-hybridized carbons (Fsp3) is 1.00. The Morgan fingerprint density at radius 1 is 1.28 bits per heavy atom. The maximum Gasteiger partial charge on any atom is 0.151 e. The van der Waals surface area contributed by atoms with Crippen molar-refractivity contribution in [3.63, 3.8) is 0 Å². The summed E-state index contributed by atoms with van der Waals surface area (Å²) in [6.45, 7) is 8.73. The van der Waals surface area contributed by atoms with Crippen LogP contribution in [0.3, 0.4) is 0 Å². The number of rotatable bonds is 3. The summed E-state index contributed by atoms with van der Waals surface area (Å²) in [5, 5.41) is 3.55. The lowest BCUT2D eigenvalue weighted by molar-refractivity contribution is 0.0557. The Balaban J connectivity index is 2.00. The number of likely N-dealkylation sites (tertiary alicyclic amines) is 1. The first-order chi connectivity index (χ1) is 8.44. The SMILES string of the molecule is CCNC1CCN(C2CCS(=O)(=O)C2)C(C)C1C. The molecule has 0 amide bonds. The third-order valence-corrected chi connectivity index (χ3v) is 6.51. The van der Waals surface area contributed by atoms with Gasteiger partial charge in [0, 0.05) is 24.7 Å². The number of hydrogen-bond donors (Lipinski definition) is 1.